The van der Waals surface area contributed by atoms with Gasteiger partial charge in [0.2, 0.25) is 0 Å². The molecule has 0 heterocycles. The SMILES string of the molecule is CCC(NC)(c1cccc(F)c1)C(F)(F)F. The summed E-state index contributed by atoms with van der Waals surface area (Å²) in [7, 11) is 1.22. The topological polar surface area (TPSA) is 12.0 Å². The maximum Gasteiger partial charge on any atom is 0.410 e. The van der Waals surface area contributed by atoms with Gasteiger partial charge in [-0.2, -0.15) is 13.2 Å². The Hall–Kier alpha value is -1.10. The summed E-state index contributed by atoms with van der Waals surface area (Å²) in [6.07, 6.45) is -4.67. The van der Waals surface area contributed by atoms with Crippen molar-refractivity contribution in [2.75, 3.05) is 7.05 Å². The lowest BCUT2D eigenvalue weighted by atomic mass is 9.86. The molecule has 0 amide bonds. The second-order valence-electron chi connectivity index (χ2n) is 3.52. The van der Waals surface area contributed by atoms with Gasteiger partial charge in [0.15, 0.2) is 0 Å². The van der Waals surface area contributed by atoms with Gasteiger partial charge in [-0.3, -0.25) is 0 Å². The minimum atomic E-state index is -4.47. The Bertz CT molecular complexity index is 355. The summed E-state index contributed by atoms with van der Waals surface area (Å²) in [5.74, 6) is -0.671. The molecule has 1 aromatic carbocycles. The average molecular weight is 235 g/mol. The van der Waals surface area contributed by atoms with E-state index < -0.39 is 17.5 Å². The number of nitrogens with one attached hydrogen (secondary N) is 1. The van der Waals surface area contributed by atoms with E-state index in [9.17, 15) is 17.6 Å². The first-order valence-corrected chi connectivity index (χ1v) is 4.89. The van der Waals surface area contributed by atoms with Crippen LogP contribution in [0, 0.1) is 5.82 Å². The zero-order valence-corrected chi connectivity index (χ0v) is 9.03. The summed E-state index contributed by atoms with van der Waals surface area (Å²) in [6.45, 7) is 1.41. The molecular formula is C11H13F4N. The second-order valence-corrected chi connectivity index (χ2v) is 3.52. The van der Waals surface area contributed by atoms with Gasteiger partial charge >= 0.3 is 6.18 Å². The molecule has 0 bridgehead atoms. The Labute approximate surface area is 91.5 Å². The van der Waals surface area contributed by atoms with E-state index in [1.54, 1.807) is 0 Å². The third-order valence-electron chi connectivity index (χ3n) is 2.76. The molecule has 1 atom stereocenters. The molecule has 1 N–H and O–H groups in total. The van der Waals surface area contributed by atoms with E-state index in [-0.39, 0.29) is 12.0 Å². The van der Waals surface area contributed by atoms with Crippen molar-refractivity contribution in [1.82, 2.24) is 5.32 Å². The van der Waals surface area contributed by atoms with Crippen LogP contribution in [-0.4, -0.2) is 13.2 Å². The number of rotatable bonds is 3. The number of benzene rings is 1. The van der Waals surface area contributed by atoms with E-state index in [0.29, 0.717) is 0 Å². The number of hydrogen-bond donors (Lipinski definition) is 1. The van der Waals surface area contributed by atoms with E-state index >= 15 is 0 Å². The molecule has 0 radical (unpaired) electrons. The molecule has 0 aromatic heterocycles. The fraction of sp³-hybridized carbons (Fsp3) is 0.455. The van der Waals surface area contributed by atoms with Gasteiger partial charge in [0.1, 0.15) is 11.4 Å². The zero-order chi connectivity index (χ0) is 12.4. The van der Waals surface area contributed by atoms with Crippen molar-refractivity contribution >= 4 is 0 Å². The molecule has 5 heteroatoms. The fourth-order valence-corrected chi connectivity index (χ4v) is 1.79. The van der Waals surface area contributed by atoms with Gasteiger partial charge in [-0.25, -0.2) is 4.39 Å². The molecule has 0 fully saturated rings. The Morgan fingerprint density at radius 2 is 1.88 bits per heavy atom. The van der Waals surface area contributed by atoms with Gasteiger partial charge in [0.25, 0.3) is 0 Å². The minimum Gasteiger partial charge on any atom is -0.303 e. The van der Waals surface area contributed by atoms with E-state index in [1.165, 1.54) is 26.1 Å². The summed E-state index contributed by atoms with van der Waals surface area (Å²) < 4.78 is 52.0. The third-order valence-corrected chi connectivity index (χ3v) is 2.76. The van der Waals surface area contributed by atoms with Gasteiger partial charge in [0.05, 0.1) is 0 Å². The predicted molar refractivity (Wildman–Crippen MR) is 53.5 cm³/mol. The normalized spacial score (nSPS) is 15.9. The number of halogens is 4. The molecule has 1 nitrogen and oxygen atoms in total. The Balaban J connectivity index is 3.32. The van der Waals surface area contributed by atoms with Crippen LogP contribution in [0.2, 0.25) is 0 Å². The molecule has 90 valence electrons. The highest BCUT2D eigenvalue weighted by atomic mass is 19.4. The molecule has 0 aliphatic carbocycles. The quantitative estimate of drug-likeness (QED) is 0.793. The molecule has 1 unspecified atom stereocenters. The van der Waals surface area contributed by atoms with Crippen LogP contribution >= 0.6 is 0 Å². The van der Waals surface area contributed by atoms with Crippen molar-refractivity contribution in [3.8, 4) is 0 Å². The van der Waals surface area contributed by atoms with E-state index in [0.717, 1.165) is 12.1 Å². The van der Waals surface area contributed by atoms with Gasteiger partial charge in [-0.1, -0.05) is 19.1 Å². The zero-order valence-electron chi connectivity index (χ0n) is 9.03. The van der Waals surface area contributed by atoms with E-state index in [4.69, 9.17) is 0 Å². The Morgan fingerprint density at radius 3 is 2.25 bits per heavy atom. The van der Waals surface area contributed by atoms with Gasteiger partial charge in [0, 0.05) is 0 Å². The fourth-order valence-electron chi connectivity index (χ4n) is 1.79. The number of hydrogen-bond acceptors (Lipinski definition) is 1. The average Bonchev–Trinajstić information content (AvgIpc) is 2.18. The van der Waals surface area contributed by atoms with Crippen LogP contribution < -0.4 is 5.32 Å². The summed E-state index contributed by atoms with van der Waals surface area (Å²) in [4.78, 5) is 0. The first kappa shape index (κ1) is 13.0. The van der Waals surface area contributed by atoms with Crippen molar-refractivity contribution < 1.29 is 17.6 Å². The van der Waals surface area contributed by atoms with Gasteiger partial charge in [-0.15, -0.1) is 0 Å². The molecule has 16 heavy (non-hydrogen) atoms. The minimum absolute atomic E-state index is 0.106. The van der Waals surface area contributed by atoms with Crippen LogP contribution in [0.25, 0.3) is 0 Å². The van der Waals surface area contributed by atoms with Gasteiger partial charge < -0.3 is 5.32 Å². The maximum absolute atomic E-state index is 13.0. The summed E-state index contributed by atoms with van der Waals surface area (Å²) in [5.41, 5.74) is -2.29. The lowest BCUT2D eigenvalue weighted by Gasteiger charge is -2.35. The highest BCUT2D eigenvalue weighted by molar-refractivity contribution is 5.27. The molecule has 0 aliphatic rings. The van der Waals surface area contributed by atoms with Crippen molar-refractivity contribution in [3.05, 3.63) is 35.6 Å². The highest BCUT2D eigenvalue weighted by Crippen LogP contribution is 2.41. The molecule has 0 saturated carbocycles. The monoisotopic (exact) mass is 235 g/mol. The van der Waals surface area contributed by atoms with Crippen LogP contribution in [0.1, 0.15) is 18.9 Å². The van der Waals surface area contributed by atoms with Crippen molar-refractivity contribution in [2.45, 2.75) is 25.1 Å². The van der Waals surface area contributed by atoms with Crippen LogP contribution in [0.5, 0.6) is 0 Å². The Morgan fingerprint density at radius 1 is 1.25 bits per heavy atom. The molecule has 1 aromatic rings. The maximum atomic E-state index is 13.0. The summed E-state index contributed by atoms with van der Waals surface area (Å²) >= 11 is 0. The lowest BCUT2D eigenvalue weighted by Crippen LogP contribution is -2.52. The molecule has 0 spiro atoms. The van der Waals surface area contributed by atoms with Crippen molar-refractivity contribution in [1.29, 1.82) is 0 Å². The third kappa shape index (κ3) is 2.04. The molecule has 1 rings (SSSR count). The smallest absolute Gasteiger partial charge is 0.303 e. The van der Waals surface area contributed by atoms with Gasteiger partial charge in [-0.05, 0) is 31.2 Å². The molecular weight excluding hydrogens is 222 g/mol. The standard InChI is InChI=1S/C11H13F4N/c1-3-10(16-2,11(13,14)15)8-5-4-6-9(12)7-8/h4-7,16H,3H2,1-2H3. The second kappa shape index (κ2) is 4.41. The molecule has 0 aliphatic heterocycles. The summed E-state index contributed by atoms with van der Waals surface area (Å²) in [5, 5.41) is 2.26. The molecule has 0 saturated heterocycles. The van der Waals surface area contributed by atoms with Crippen LogP contribution in [0.15, 0.2) is 24.3 Å². The Kier molecular flexibility index (Phi) is 3.57. The first-order chi connectivity index (χ1) is 7.37. The summed E-state index contributed by atoms with van der Waals surface area (Å²) in [6, 6.07) is 4.58. The first-order valence-electron chi connectivity index (χ1n) is 4.89. The largest absolute Gasteiger partial charge is 0.410 e. The number of alkyl halides is 3. The van der Waals surface area contributed by atoms with Crippen molar-refractivity contribution in [3.63, 3.8) is 0 Å². The van der Waals surface area contributed by atoms with E-state index in [2.05, 4.69) is 5.32 Å². The highest BCUT2D eigenvalue weighted by Gasteiger charge is 2.53. The van der Waals surface area contributed by atoms with Crippen molar-refractivity contribution in [2.24, 2.45) is 0 Å². The van der Waals surface area contributed by atoms with Crippen LogP contribution in [0.4, 0.5) is 17.6 Å². The van der Waals surface area contributed by atoms with Crippen LogP contribution in [0.3, 0.4) is 0 Å². The van der Waals surface area contributed by atoms with Crippen LogP contribution in [-0.2, 0) is 5.54 Å². The predicted octanol–water partition coefficient (Wildman–Crippen LogP) is 3.21. The van der Waals surface area contributed by atoms with E-state index in [1.807, 2.05) is 0 Å². The lowest BCUT2D eigenvalue weighted by molar-refractivity contribution is -0.200.